The van der Waals surface area contributed by atoms with Crippen LogP contribution in [-0.2, 0) is 14.8 Å². The number of imidazole rings is 1. The first kappa shape index (κ1) is 22.8. The van der Waals surface area contributed by atoms with E-state index >= 15 is 0 Å². The summed E-state index contributed by atoms with van der Waals surface area (Å²) in [4.78, 5) is 17.7. The topological polar surface area (TPSA) is 84.3 Å². The summed E-state index contributed by atoms with van der Waals surface area (Å²) in [6.45, 7) is 5.94. The minimum atomic E-state index is -3.56. The van der Waals surface area contributed by atoms with Gasteiger partial charge in [0.25, 0.3) is 0 Å². The van der Waals surface area contributed by atoms with Gasteiger partial charge in [-0.2, -0.15) is 0 Å². The summed E-state index contributed by atoms with van der Waals surface area (Å²) in [5.41, 5.74) is 2.62. The maximum atomic E-state index is 12.8. The van der Waals surface area contributed by atoms with E-state index in [0.717, 1.165) is 28.0 Å². The number of carbonyl (C=O) groups is 1. The molecule has 1 N–H and O–H groups in total. The molecule has 0 aliphatic heterocycles. The number of benzene rings is 1. The number of anilines is 1. The second-order valence-electron chi connectivity index (χ2n) is 7.94. The van der Waals surface area contributed by atoms with Gasteiger partial charge in [0, 0.05) is 31.5 Å². The lowest BCUT2D eigenvalue weighted by molar-refractivity contribution is -0.115. The molecule has 0 radical (unpaired) electrons. The zero-order chi connectivity index (χ0) is 22.1. The molecule has 1 aliphatic rings. The van der Waals surface area contributed by atoms with Crippen molar-refractivity contribution >= 4 is 33.4 Å². The van der Waals surface area contributed by atoms with E-state index in [1.54, 1.807) is 12.1 Å². The molecule has 0 bridgehead atoms. The molecule has 1 amide bonds. The van der Waals surface area contributed by atoms with Crippen molar-refractivity contribution in [3.05, 3.63) is 35.7 Å². The first-order chi connectivity index (χ1) is 14.1. The highest BCUT2D eigenvalue weighted by atomic mass is 32.2. The fourth-order valence-electron chi connectivity index (χ4n) is 3.67. The van der Waals surface area contributed by atoms with Crippen LogP contribution in [0.15, 0.2) is 34.3 Å². The number of nitrogens with one attached hydrogen (secondary N) is 1. The van der Waals surface area contributed by atoms with Crippen LogP contribution in [0.1, 0.15) is 50.0 Å². The van der Waals surface area contributed by atoms with Gasteiger partial charge < -0.3 is 9.88 Å². The highest BCUT2D eigenvalue weighted by Crippen LogP contribution is 2.36. The Hall–Kier alpha value is -1.84. The Bertz CT molecular complexity index is 1020. The average molecular weight is 451 g/mol. The third kappa shape index (κ3) is 4.73. The van der Waals surface area contributed by atoms with Crippen molar-refractivity contribution in [2.24, 2.45) is 0 Å². The Morgan fingerprint density at radius 3 is 2.57 bits per heavy atom. The molecule has 0 spiro atoms. The van der Waals surface area contributed by atoms with E-state index in [2.05, 4.69) is 16.8 Å². The lowest BCUT2D eigenvalue weighted by Gasteiger charge is -2.19. The Balaban J connectivity index is 1.74. The lowest BCUT2D eigenvalue weighted by atomic mass is 10.2. The Kier molecular flexibility index (Phi) is 6.94. The number of hydrogen-bond acceptors (Lipinski definition) is 5. The zero-order valence-electron chi connectivity index (χ0n) is 18.2. The van der Waals surface area contributed by atoms with Gasteiger partial charge in [-0.1, -0.05) is 30.7 Å². The number of nitrogens with zero attached hydrogens (tertiary/aromatic N) is 3. The van der Waals surface area contributed by atoms with Gasteiger partial charge in [0.2, 0.25) is 15.9 Å². The third-order valence-electron chi connectivity index (χ3n) is 5.58. The molecule has 164 valence electrons. The first-order valence-corrected chi connectivity index (χ1v) is 12.5. The van der Waals surface area contributed by atoms with Crippen LogP contribution < -0.4 is 5.32 Å². The molecular weight excluding hydrogens is 420 g/mol. The van der Waals surface area contributed by atoms with Crippen LogP contribution in [0.2, 0.25) is 0 Å². The second-order valence-corrected chi connectivity index (χ2v) is 11.4. The summed E-state index contributed by atoms with van der Waals surface area (Å²) in [7, 11) is -0.594. The van der Waals surface area contributed by atoms with Gasteiger partial charge in [-0.25, -0.2) is 17.7 Å². The molecule has 7 nitrogen and oxygen atoms in total. The van der Waals surface area contributed by atoms with E-state index in [1.165, 1.54) is 56.5 Å². The summed E-state index contributed by atoms with van der Waals surface area (Å²) >= 11 is 1.45. The van der Waals surface area contributed by atoms with Gasteiger partial charge >= 0.3 is 0 Å². The van der Waals surface area contributed by atoms with Crippen LogP contribution in [0.3, 0.4) is 0 Å². The first-order valence-electron chi connectivity index (χ1n) is 10.2. The van der Waals surface area contributed by atoms with Gasteiger partial charge in [0.05, 0.1) is 15.8 Å². The molecule has 1 heterocycles. The van der Waals surface area contributed by atoms with Crippen LogP contribution >= 0.6 is 11.8 Å². The van der Waals surface area contributed by atoms with Crippen molar-refractivity contribution in [2.45, 2.75) is 67.8 Å². The number of hydrogen-bond donors (Lipinski definition) is 1. The highest BCUT2D eigenvalue weighted by molar-refractivity contribution is 8.00. The van der Waals surface area contributed by atoms with Crippen molar-refractivity contribution in [1.82, 2.24) is 13.9 Å². The molecule has 30 heavy (non-hydrogen) atoms. The Labute approximate surface area is 183 Å². The van der Waals surface area contributed by atoms with E-state index in [0.29, 0.717) is 11.7 Å². The molecule has 1 aromatic carbocycles. The molecular formula is C21H30N4O3S2. The fraction of sp³-hybridized carbons (Fsp3) is 0.524. The van der Waals surface area contributed by atoms with Crippen LogP contribution in [-0.4, -0.2) is 47.5 Å². The number of sulfonamides is 1. The third-order valence-corrected chi connectivity index (χ3v) is 8.45. The standard InChI is InChI=1S/C21H30N4O3S2/c1-14-15(2)25(18-10-6-7-11-18)21(22-14)29-16(3)20(26)23-17-9-8-12-19(13-17)30(27,28)24(4)5/h8-9,12-13,16,18H,6-7,10-11H2,1-5H3,(H,23,26). The summed E-state index contributed by atoms with van der Waals surface area (Å²) < 4.78 is 28.1. The van der Waals surface area contributed by atoms with E-state index in [4.69, 9.17) is 4.98 Å². The molecule has 1 atom stereocenters. The van der Waals surface area contributed by atoms with Gasteiger partial charge in [-0.15, -0.1) is 0 Å². The van der Waals surface area contributed by atoms with Gasteiger partial charge in [0.15, 0.2) is 5.16 Å². The van der Waals surface area contributed by atoms with Crippen LogP contribution in [0.5, 0.6) is 0 Å². The molecule has 1 aliphatic carbocycles. The smallest absolute Gasteiger partial charge is 0.242 e. The maximum absolute atomic E-state index is 12.8. The van der Waals surface area contributed by atoms with Crippen molar-refractivity contribution in [2.75, 3.05) is 19.4 Å². The quantitative estimate of drug-likeness (QED) is 0.645. The minimum Gasteiger partial charge on any atom is -0.325 e. The molecule has 1 aromatic heterocycles. The van der Waals surface area contributed by atoms with Gasteiger partial charge in [0.1, 0.15) is 0 Å². The summed E-state index contributed by atoms with van der Waals surface area (Å²) in [5, 5.41) is 3.35. The van der Waals surface area contributed by atoms with Crippen LogP contribution in [0.25, 0.3) is 0 Å². The molecule has 1 saturated carbocycles. The number of thioether (sulfide) groups is 1. The molecule has 1 fully saturated rings. The average Bonchev–Trinajstić information content (AvgIpc) is 3.30. The molecule has 9 heteroatoms. The Morgan fingerprint density at radius 2 is 1.93 bits per heavy atom. The van der Waals surface area contributed by atoms with Crippen molar-refractivity contribution in [1.29, 1.82) is 0 Å². The summed E-state index contributed by atoms with van der Waals surface area (Å²) in [6, 6.07) is 6.78. The molecule has 2 aromatic rings. The number of rotatable bonds is 7. The highest BCUT2D eigenvalue weighted by Gasteiger charge is 2.26. The predicted molar refractivity (Wildman–Crippen MR) is 120 cm³/mol. The second kappa shape index (κ2) is 9.11. The number of carbonyl (C=O) groups excluding carboxylic acids is 1. The van der Waals surface area contributed by atoms with E-state index in [-0.39, 0.29) is 16.1 Å². The monoisotopic (exact) mass is 450 g/mol. The summed E-state index contributed by atoms with van der Waals surface area (Å²) in [5.74, 6) is -0.185. The summed E-state index contributed by atoms with van der Waals surface area (Å²) in [6.07, 6.45) is 4.76. The maximum Gasteiger partial charge on any atom is 0.242 e. The van der Waals surface area contributed by atoms with E-state index < -0.39 is 10.0 Å². The van der Waals surface area contributed by atoms with E-state index in [1.807, 2.05) is 13.8 Å². The molecule has 3 rings (SSSR count). The Morgan fingerprint density at radius 1 is 1.27 bits per heavy atom. The molecule has 0 saturated heterocycles. The predicted octanol–water partition coefficient (Wildman–Crippen LogP) is 3.98. The largest absolute Gasteiger partial charge is 0.325 e. The van der Waals surface area contributed by atoms with Crippen LogP contribution in [0.4, 0.5) is 5.69 Å². The van der Waals surface area contributed by atoms with Crippen molar-refractivity contribution in [3.63, 3.8) is 0 Å². The van der Waals surface area contributed by atoms with E-state index in [9.17, 15) is 13.2 Å². The number of amides is 1. The van der Waals surface area contributed by atoms with Crippen LogP contribution in [0, 0.1) is 13.8 Å². The van der Waals surface area contributed by atoms with Crippen molar-refractivity contribution in [3.8, 4) is 0 Å². The van der Waals surface area contributed by atoms with Gasteiger partial charge in [-0.05, 0) is 51.8 Å². The number of aryl methyl sites for hydroxylation is 1. The zero-order valence-corrected chi connectivity index (χ0v) is 19.8. The van der Waals surface area contributed by atoms with Crippen molar-refractivity contribution < 1.29 is 13.2 Å². The fourth-order valence-corrected chi connectivity index (χ4v) is 5.69. The molecule has 1 unspecified atom stereocenters. The SMILES string of the molecule is Cc1nc(SC(C)C(=O)Nc2cccc(S(=O)(=O)N(C)C)c2)n(C2CCCC2)c1C. The van der Waals surface area contributed by atoms with Gasteiger partial charge in [-0.3, -0.25) is 4.79 Å². The lowest BCUT2D eigenvalue weighted by Crippen LogP contribution is -2.24. The minimum absolute atomic E-state index is 0.147. The normalized spacial score (nSPS) is 16.2. The number of aromatic nitrogens is 2.